The highest BCUT2D eigenvalue weighted by Gasteiger charge is 2.19. The monoisotopic (exact) mass is 529 g/mol. The van der Waals surface area contributed by atoms with Crippen molar-refractivity contribution in [2.45, 2.75) is 46.3 Å². The second-order valence-electron chi connectivity index (χ2n) is 9.75. The summed E-state index contributed by atoms with van der Waals surface area (Å²) in [5.41, 5.74) is 11.8. The lowest BCUT2D eigenvalue weighted by Gasteiger charge is -2.08. The Hall–Kier alpha value is -4.17. The number of halogens is 1. The molecule has 2 aromatic carbocycles. The van der Waals surface area contributed by atoms with Crippen molar-refractivity contribution in [2.75, 3.05) is 5.73 Å². The molecule has 0 saturated carbocycles. The minimum absolute atomic E-state index is 0. The Labute approximate surface area is 228 Å². The topological polar surface area (TPSA) is 104 Å². The molecule has 5 rings (SSSR count). The molecule has 0 unspecified atom stereocenters. The van der Waals surface area contributed by atoms with E-state index < -0.39 is 0 Å². The van der Waals surface area contributed by atoms with E-state index in [4.69, 9.17) is 10.8 Å². The molecule has 8 nitrogen and oxygen atoms in total. The number of aromatic nitrogens is 5. The third kappa shape index (κ3) is 6.03. The van der Waals surface area contributed by atoms with Crippen molar-refractivity contribution in [3.63, 3.8) is 0 Å². The fraction of sp³-hybridized carbons (Fsp3) is 0.241. The molecule has 1 amide bonds. The largest absolute Gasteiger partial charge is 0.383 e. The van der Waals surface area contributed by atoms with E-state index in [-0.39, 0.29) is 24.2 Å². The Bertz CT molecular complexity index is 1550. The second-order valence-corrected chi connectivity index (χ2v) is 9.75. The quantitative estimate of drug-likeness (QED) is 0.291. The number of hydrogen-bond acceptors (Lipinski definition) is 5. The number of nitrogen functional groups attached to an aromatic ring is 1. The molecule has 0 radical (unpaired) electrons. The maximum atomic E-state index is 13.1. The summed E-state index contributed by atoms with van der Waals surface area (Å²) < 4.78 is 3.78. The lowest BCUT2D eigenvalue weighted by Crippen LogP contribution is -2.23. The van der Waals surface area contributed by atoms with Crippen molar-refractivity contribution in [1.29, 1.82) is 0 Å². The Morgan fingerprint density at radius 1 is 0.974 bits per heavy atom. The number of anilines is 1. The van der Waals surface area contributed by atoms with Crippen LogP contribution in [0.4, 0.5) is 5.82 Å². The van der Waals surface area contributed by atoms with Crippen molar-refractivity contribution in [1.82, 2.24) is 29.9 Å². The average molecular weight is 530 g/mol. The summed E-state index contributed by atoms with van der Waals surface area (Å²) in [5.74, 6) is 0.497. The van der Waals surface area contributed by atoms with Gasteiger partial charge in [0.2, 0.25) is 0 Å². The summed E-state index contributed by atoms with van der Waals surface area (Å²) in [6.07, 6.45) is 7.43. The smallest absolute Gasteiger partial charge is 0.255 e. The summed E-state index contributed by atoms with van der Waals surface area (Å²) in [6, 6.07) is 16.3. The van der Waals surface area contributed by atoms with Crippen molar-refractivity contribution in [3.05, 3.63) is 107 Å². The molecule has 0 bridgehead atoms. The highest BCUT2D eigenvalue weighted by Crippen LogP contribution is 2.21. The van der Waals surface area contributed by atoms with Gasteiger partial charge in [0.25, 0.3) is 5.91 Å². The molecule has 0 aliphatic heterocycles. The van der Waals surface area contributed by atoms with Crippen molar-refractivity contribution in [3.8, 4) is 0 Å². The van der Waals surface area contributed by atoms with Gasteiger partial charge in [-0.05, 0) is 52.6 Å². The van der Waals surface area contributed by atoms with E-state index in [1.807, 2.05) is 59.1 Å². The Kier molecular flexibility index (Phi) is 8.12. The maximum Gasteiger partial charge on any atom is 0.255 e. The van der Waals surface area contributed by atoms with Crippen LogP contribution in [0.3, 0.4) is 0 Å². The average Bonchev–Trinajstić information content (AvgIpc) is 3.50. The van der Waals surface area contributed by atoms with Gasteiger partial charge in [-0.25, -0.2) is 4.98 Å². The summed E-state index contributed by atoms with van der Waals surface area (Å²) >= 11 is 0. The number of nitrogens with one attached hydrogen (secondary N) is 1. The van der Waals surface area contributed by atoms with Crippen molar-refractivity contribution in [2.24, 2.45) is 0 Å². The van der Waals surface area contributed by atoms with Gasteiger partial charge in [-0.1, -0.05) is 50.2 Å². The molecule has 0 atom stereocenters. The molecule has 0 fully saturated rings. The van der Waals surface area contributed by atoms with Gasteiger partial charge in [0.1, 0.15) is 5.82 Å². The fourth-order valence-corrected chi connectivity index (χ4v) is 4.43. The van der Waals surface area contributed by atoms with Crippen molar-refractivity contribution < 1.29 is 4.79 Å². The number of nitrogens with zero attached hydrogens (tertiary/aromatic N) is 5. The number of nitrogens with two attached hydrogens (primary N) is 1. The molecule has 3 N–H and O–H groups in total. The number of rotatable bonds is 8. The van der Waals surface area contributed by atoms with E-state index in [2.05, 4.69) is 53.5 Å². The molecule has 0 spiro atoms. The van der Waals surface area contributed by atoms with Gasteiger partial charge in [0.15, 0.2) is 0 Å². The number of benzene rings is 2. The molecular formula is C29H32ClN7O. The molecule has 3 heterocycles. The number of aryl methyl sites for hydroxylation is 1. The van der Waals surface area contributed by atoms with Crippen LogP contribution in [0.25, 0.3) is 10.8 Å². The van der Waals surface area contributed by atoms with Crippen LogP contribution >= 0.6 is 12.4 Å². The first-order valence-corrected chi connectivity index (χ1v) is 12.4. The molecule has 38 heavy (non-hydrogen) atoms. The van der Waals surface area contributed by atoms with Crippen LogP contribution in [-0.2, 0) is 19.6 Å². The number of carbonyl (C=O) groups is 1. The third-order valence-electron chi connectivity index (χ3n) is 6.37. The van der Waals surface area contributed by atoms with Gasteiger partial charge in [-0.2, -0.15) is 10.2 Å². The van der Waals surface area contributed by atoms with Crippen LogP contribution in [0.1, 0.15) is 58.1 Å². The highest BCUT2D eigenvalue weighted by molar-refractivity contribution is 5.95. The van der Waals surface area contributed by atoms with Crippen LogP contribution < -0.4 is 11.1 Å². The maximum absolute atomic E-state index is 13.1. The normalized spacial score (nSPS) is 11.1. The van der Waals surface area contributed by atoms with Gasteiger partial charge in [-0.3, -0.25) is 14.2 Å². The molecule has 196 valence electrons. The Morgan fingerprint density at radius 3 is 2.32 bits per heavy atom. The minimum Gasteiger partial charge on any atom is -0.383 e. The first-order valence-electron chi connectivity index (χ1n) is 12.4. The predicted molar refractivity (Wildman–Crippen MR) is 152 cm³/mol. The van der Waals surface area contributed by atoms with E-state index >= 15 is 0 Å². The summed E-state index contributed by atoms with van der Waals surface area (Å²) in [7, 11) is 0. The molecule has 3 aromatic heterocycles. The summed E-state index contributed by atoms with van der Waals surface area (Å²) in [6.45, 7) is 7.88. The number of amides is 1. The lowest BCUT2D eigenvalue weighted by molar-refractivity contribution is 0.0949. The van der Waals surface area contributed by atoms with Gasteiger partial charge in [0.05, 0.1) is 30.5 Å². The van der Waals surface area contributed by atoms with Crippen LogP contribution in [0.5, 0.6) is 0 Å². The van der Waals surface area contributed by atoms with Crippen LogP contribution in [0, 0.1) is 6.92 Å². The van der Waals surface area contributed by atoms with E-state index in [9.17, 15) is 4.79 Å². The van der Waals surface area contributed by atoms with Gasteiger partial charge >= 0.3 is 0 Å². The third-order valence-corrected chi connectivity index (χ3v) is 6.37. The molecule has 5 aromatic rings. The van der Waals surface area contributed by atoms with Crippen molar-refractivity contribution >= 4 is 34.9 Å². The number of carbonyl (C=O) groups excluding carboxylic acids is 1. The highest BCUT2D eigenvalue weighted by atomic mass is 35.5. The minimum atomic E-state index is -0.130. The molecule has 9 heteroatoms. The van der Waals surface area contributed by atoms with E-state index in [1.165, 1.54) is 5.56 Å². The molecular weight excluding hydrogens is 498 g/mol. The zero-order valence-corrected chi connectivity index (χ0v) is 22.6. The first-order chi connectivity index (χ1) is 17.9. The van der Waals surface area contributed by atoms with E-state index in [0.29, 0.717) is 24.5 Å². The fourth-order valence-electron chi connectivity index (χ4n) is 4.43. The number of fused-ring (bicyclic) bond motifs is 1. The van der Waals surface area contributed by atoms with Gasteiger partial charge in [0, 0.05) is 30.5 Å². The Morgan fingerprint density at radius 2 is 1.66 bits per heavy atom. The molecule has 0 saturated heterocycles. The van der Waals surface area contributed by atoms with E-state index in [1.54, 1.807) is 6.20 Å². The summed E-state index contributed by atoms with van der Waals surface area (Å²) in [5, 5.41) is 14.1. The molecule has 0 aliphatic rings. The second kappa shape index (κ2) is 11.5. The summed E-state index contributed by atoms with van der Waals surface area (Å²) in [4.78, 5) is 17.3. The SMILES string of the molecule is Cc1cnn(Cc2ccc(Cn3cc(C(=O)NCc4ccc5c(N)nccc5c4)c(C(C)C)n3)cc2)c1.Cl. The standard InChI is InChI=1S/C29H31N7O.ClH/c1-19(2)27-26(29(37)32-14-23-8-9-25-24(12-23)10-11-31-28(25)30)18-36(34-27)17-22-6-4-21(5-7-22)16-35-15-20(3)13-33-35;/h4-13,15,18-19H,14,16-17H2,1-3H3,(H2,30,31)(H,32,37);1H. The van der Waals surface area contributed by atoms with Gasteiger partial charge in [-0.15, -0.1) is 12.4 Å². The zero-order valence-electron chi connectivity index (χ0n) is 21.8. The van der Waals surface area contributed by atoms with Crippen LogP contribution in [-0.4, -0.2) is 30.5 Å². The molecule has 0 aliphatic carbocycles. The zero-order chi connectivity index (χ0) is 25.9. The number of hydrogen-bond donors (Lipinski definition) is 2. The predicted octanol–water partition coefficient (Wildman–Crippen LogP) is 5.09. The van der Waals surface area contributed by atoms with Gasteiger partial charge < -0.3 is 11.1 Å². The van der Waals surface area contributed by atoms with Crippen LogP contribution in [0.2, 0.25) is 0 Å². The van der Waals surface area contributed by atoms with Crippen LogP contribution in [0.15, 0.2) is 73.3 Å². The lowest BCUT2D eigenvalue weighted by atomic mass is 10.1. The number of pyridine rings is 1. The Balaban J connectivity index is 0.00000336. The van der Waals surface area contributed by atoms with E-state index in [0.717, 1.165) is 39.7 Å². The first kappa shape index (κ1) is 26.9.